The van der Waals surface area contributed by atoms with Crippen molar-refractivity contribution in [2.75, 3.05) is 0 Å². The summed E-state index contributed by atoms with van der Waals surface area (Å²) in [6, 6.07) is 3.91. The SMILES string of the molecule is CC1=NOC(c2cccnc2)C1. The van der Waals surface area contributed by atoms with Gasteiger partial charge in [-0.3, -0.25) is 4.98 Å². The van der Waals surface area contributed by atoms with Crippen LogP contribution in [0.3, 0.4) is 0 Å². The van der Waals surface area contributed by atoms with E-state index in [4.69, 9.17) is 4.84 Å². The average molecular weight is 162 g/mol. The first-order chi connectivity index (χ1) is 5.86. The van der Waals surface area contributed by atoms with E-state index in [0.29, 0.717) is 0 Å². The molecule has 0 saturated heterocycles. The van der Waals surface area contributed by atoms with Gasteiger partial charge in [0.2, 0.25) is 0 Å². The highest BCUT2D eigenvalue weighted by Gasteiger charge is 2.19. The largest absolute Gasteiger partial charge is 0.387 e. The van der Waals surface area contributed by atoms with Crippen molar-refractivity contribution in [1.82, 2.24) is 4.98 Å². The van der Waals surface area contributed by atoms with Crippen LogP contribution >= 0.6 is 0 Å². The van der Waals surface area contributed by atoms with Crippen molar-refractivity contribution in [1.29, 1.82) is 0 Å². The summed E-state index contributed by atoms with van der Waals surface area (Å²) in [6.07, 6.45) is 4.54. The molecule has 0 amide bonds. The molecule has 3 heteroatoms. The highest BCUT2D eigenvalue weighted by molar-refractivity contribution is 5.82. The van der Waals surface area contributed by atoms with Crippen LogP contribution in [0.1, 0.15) is 25.0 Å². The molecule has 3 nitrogen and oxygen atoms in total. The molecule has 1 unspecified atom stereocenters. The van der Waals surface area contributed by atoms with E-state index in [1.165, 1.54) is 0 Å². The first-order valence-electron chi connectivity index (χ1n) is 3.95. The lowest BCUT2D eigenvalue weighted by molar-refractivity contribution is 0.0855. The lowest BCUT2D eigenvalue weighted by Gasteiger charge is -2.06. The van der Waals surface area contributed by atoms with E-state index in [-0.39, 0.29) is 6.10 Å². The van der Waals surface area contributed by atoms with Gasteiger partial charge in [0.15, 0.2) is 6.10 Å². The van der Waals surface area contributed by atoms with Crippen molar-refractivity contribution in [2.24, 2.45) is 5.16 Å². The first-order valence-corrected chi connectivity index (χ1v) is 3.95. The van der Waals surface area contributed by atoms with Crippen molar-refractivity contribution < 1.29 is 4.84 Å². The zero-order valence-corrected chi connectivity index (χ0v) is 6.90. The molecule has 2 heterocycles. The fourth-order valence-corrected chi connectivity index (χ4v) is 1.24. The standard InChI is InChI=1S/C9H10N2O/c1-7-5-9(12-11-7)8-3-2-4-10-6-8/h2-4,6,9H,5H2,1H3. The summed E-state index contributed by atoms with van der Waals surface area (Å²) in [4.78, 5) is 9.22. The number of aromatic nitrogens is 1. The Balaban J connectivity index is 2.14. The predicted molar refractivity (Wildman–Crippen MR) is 45.8 cm³/mol. The van der Waals surface area contributed by atoms with Crippen LogP contribution in [0.5, 0.6) is 0 Å². The average Bonchev–Trinajstić information content (AvgIpc) is 2.54. The van der Waals surface area contributed by atoms with Gasteiger partial charge in [-0.25, -0.2) is 0 Å². The third-order valence-corrected chi connectivity index (χ3v) is 1.87. The Kier molecular flexibility index (Phi) is 1.78. The highest BCUT2D eigenvalue weighted by Crippen LogP contribution is 2.25. The molecule has 0 spiro atoms. The van der Waals surface area contributed by atoms with E-state index in [0.717, 1.165) is 17.7 Å². The van der Waals surface area contributed by atoms with Crippen LogP contribution in [0.25, 0.3) is 0 Å². The molecule has 1 aliphatic heterocycles. The maximum absolute atomic E-state index is 5.20. The smallest absolute Gasteiger partial charge is 0.159 e. The van der Waals surface area contributed by atoms with Crippen molar-refractivity contribution in [3.05, 3.63) is 30.1 Å². The van der Waals surface area contributed by atoms with Gasteiger partial charge >= 0.3 is 0 Å². The number of oxime groups is 1. The van der Waals surface area contributed by atoms with Gasteiger partial charge in [0.05, 0.1) is 5.71 Å². The number of nitrogens with zero attached hydrogens (tertiary/aromatic N) is 2. The van der Waals surface area contributed by atoms with Gasteiger partial charge in [0.25, 0.3) is 0 Å². The monoisotopic (exact) mass is 162 g/mol. The van der Waals surface area contributed by atoms with Crippen LogP contribution in [-0.2, 0) is 4.84 Å². The number of pyridine rings is 1. The van der Waals surface area contributed by atoms with Crippen LogP contribution in [0.2, 0.25) is 0 Å². The third kappa shape index (κ3) is 1.30. The summed E-state index contributed by atoms with van der Waals surface area (Å²) in [7, 11) is 0. The van der Waals surface area contributed by atoms with E-state index < -0.39 is 0 Å². The quantitative estimate of drug-likeness (QED) is 0.632. The Morgan fingerprint density at radius 1 is 1.58 bits per heavy atom. The highest BCUT2D eigenvalue weighted by atomic mass is 16.6. The topological polar surface area (TPSA) is 34.5 Å². The molecular weight excluding hydrogens is 152 g/mol. The number of hydrogen-bond donors (Lipinski definition) is 0. The van der Waals surface area contributed by atoms with Gasteiger partial charge in [-0.05, 0) is 13.0 Å². The Hall–Kier alpha value is -1.38. The molecule has 1 aliphatic rings. The number of rotatable bonds is 1. The first kappa shape index (κ1) is 7.28. The van der Waals surface area contributed by atoms with E-state index in [2.05, 4.69) is 10.1 Å². The minimum Gasteiger partial charge on any atom is -0.387 e. The molecule has 0 radical (unpaired) electrons. The molecule has 0 bridgehead atoms. The molecule has 1 aromatic rings. The lowest BCUT2D eigenvalue weighted by atomic mass is 10.1. The molecule has 2 rings (SSSR count). The predicted octanol–water partition coefficient (Wildman–Crippen LogP) is 1.92. The molecular formula is C9H10N2O. The van der Waals surface area contributed by atoms with Crippen LogP contribution in [0, 0.1) is 0 Å². The van der Waals surface area contributed by atoms with Crippen LogP contribution in [-0.4, -0.2) is 10.7 Å². The molecule has 0 N–H and O–H groups in total. The minimum absolute atomic E-state index is 0.0821. The maximum atomic E-state index is 5.20. The third-order valence-electron chi connectivity index (χ3n) is 1.87. The Morgan fingerprint density at radius 2 is 2.50 bits per heavy atom. The summed E-state index contributed by atoms with van der Waals surface area (Å²) < 4.78 is 0. The molecule has 1 atom stereocenters. The van der Waals surface area contributed by atoms with E-state index >= 15 is 0 Å². The molecule has 1 aromatic heterocycles. The van der Waals surface area contributed by atoms with E-state index in [9.17, 15) is 0 Å². The normalized spacial score (nSPS) is 21.8. The Morgan fingerprint density at radius 3 is 3.08 bits per heavy atom. The second-order valence-corrected chi connectivity index (χ2v) is 2.91. The summed E-state index contributed by atoms with van der Waals surface area (Å²) in [5, 5.41) is 3.88. The maximum Gasteiger partial charge on any atom is 0.159 e. The van der Waals surface area contributed by atoms with E-state index in [1.54, 1.807) is 6.20 Å². The summed E-state index contributed by atoms with van der Waals surface area (Å²) >= 11 is 0. The summed E-state index contributed by atoms with van der Waals surface area (Å²) in [5.74, 6) is 0. The molecule has 0 fully saturated rings. The molecule has 0 saturated carbocycles. The second kappa shape index (κ2) is 2.93. The second-order valence-electron chi connectivity index (χ2n) is 2.91. The van der Waals surface area contributed by atoms with Crippen molar-refractivity contribution >= 4 is 5.71 Å². The Labute approximate surface area is 71.1 Å². The van der Waals surface area contributed by atoms with E-state index in [1.807, 2.05) is 25.3 Å². The fourth-order valence-electron chi connectivity index (χ4n) is 1.24. The summed E-state index contributed by atoms with van der Waals surface area (Å²) in [6.45, 7) is 1.97. The zero-order chi connectivity index (χ0) is 8.39. The van der Waals surface area contributed by atoms with Gasteiger partial charge in [0, 0.05) is 24.4 Å². The van der Waals surface area contributed by atoms with Crippen LogP contribution in [0.4, 0.5) is 0 Å². The lowest BCUT2D eigenvalue weighted by Crippen LogP contribution is -1.97. The summed E-state index contributed by atoms with van der Waals surface area (Å²) in [5.41, 5.74) is 2.14. The molecule has 0 aromatic carbocycles. The van der Waals surface area contributed by atoms with Gasteiger partial charge in [-0.2, -0.15) is 0 Å². The van der Waals surface area contributed by atoms with Crippen LogP contribution < -0.4 is 0 Å². The van der Waals surface area contributed by atoms with Gasteiger partial charge in [-0.15, -0.1) is 0 Å². The van der Waals surface area contributed by atoms with Crippen LogP contribution in [0.15, 0.2) is 29.7 Å². The van der Waals surface area contributed by atoms with Gasteiger partial charge < -0.3 is 4.84 Å². The van der Waals surface area contributed by atoms with Crippen molar-refractivity contribution in [3.8, 4) is 0 Å². The Bertz CT molecular complexity index is 295. The zero-order valence-electron chi connectivity index (χ0n) is 6.90. The van der Waals surface area contributed by atoms with Gasteiger partial charge in [-0.1, -0.05) is 11.2 Å². The molecule has 12 heavy (non-hydrogen) atoms. The number of hydrogen-bond acceptors (Lipinski definition) is 3. The van der Waals surface area contributed by atoms with Crippen molar-refractivity contribution in [2.45, 2.75) is 19.4 Å². The molecule has 0 aliphatic carbocycles. The van der Waals surface area contributed by atoms with Gasteiger partial charge in [0.1, 0.15) is 0 Å². The van der Waals surface area contributed by atoms with Crippen molar-refractivity contribution in [3.63, 3.8) is 0 Å². The minimum atomic E-state index is 0.0821. The molecule has 62 valence electrons. The fraction of sp³-hybridized carbons (Fsp3) is 0.333.